The van der Waals surface area contributed by atoms with Gasteiger partial charge in [0.15, 0.2) is 0 Å². The van der Waals surface area contributed by atoms with Gasteiger partial charge in [-0.1, -0.05) is 6.92 Å². The molecule has 1 atom stereocenters. The maximum absolute atomic E-state index is 12.5. The van der Waals surface area contributed by atoms with Crippen LogP contribution in [0.5, 0.6) is 0 Å². The SMILES string of the molecule is CCN1CCN(C(C)C(=O)Nc2c(C)nn(C)c2C)CC1. The minimum absolute atomic E-state index is 0.0548. The molecule has 1 N–H and O–H groups in total. The van der Waals surface area contributed by atoms with E-state index in [4.69, 9.17) is 0 Å². The van der Waals surface area contributed by atoms with E-state index in [9.17, 15) is 4.79 Å². The molecule has 2 rings (SSSR count). The van der Waals surface area contributed by atoms with Gasteiger partial charge in [-0.25, -0.2) is 0 Å². The molecular weight excluding hydrogens is 266 g/mol. The van der Waals surface area contributed by atoms with Gasteiger partial charge in [-0.3, -0.25) is 14.4 Å². The van der Waals surface area contributed by atoms with E-state index >= 15 is 0 Å². The van der Waals surface area contributed by atoms with Gasteiger partial charge in [-0.15, -0.1) is 0 Å². The molecule has 1 aromatic heterocycles. The highest BCUT2D eigenvalue weighted by Gasteiger charge is 2.26. The van der Waals surface area contributed by atoms with Crippen molar-refractivity contribution in [3.63, 3.8) is 0 Å². The van der Waals surface area contributed by atoms with Crippen LogP contribution in [0.1, 0.15) is 25.2 Å². The van der Waals surface area contributed by atoms with Crippen molar-refractivity contribution < 1.29 is 4.79 Å². The van der Waals surface area contributed by atoms with Crippen molar-refractivity contribution in [1.82, 2.24) is 19.6 Å². The number of carbonyl (C=O) groups is 1. The Hall–Kier alpha value is -1.40. The van der Waals surface area contributed by atoms with Gasteiger partial charge < -0.3 is 10.2 Å². The van der Waals surface area contributed by atoms with Crippen LogP contribution in [0.15, 0.2) is 0 Å². The third kappa shape index (κ3) is 3.44. The number of piperazine rings is 1. The second-order valence-electron chi connectivity index (χ2n) is 5.80. The molecule has 0 bridgehead atoms. The number of hydrogen-bond donors (Lipinski definition) is 1. The molecule has 6 nitrogen and oxygen atoms in total. The maximum Gasteiger partial charge on any atom is 0.241 e. The number of aromatic nitrogens is 2. The smallest absolute Gasteiger partial charge is 0.241 e. The van der Waals surface area contributed by atoms with Gasteiger partial charge in [0.1, 0.15) is 0 Å². The summed E-state index contributed by atoms with van der Waals surface area (Å²) in [7, 11) is 1.89. The van der Waals surface area contributed by atoms with Crippen molar-refractivity contribution in [2.45, 2.75) is 33.7 Å². The van der Waals surface area contributed by atoms with Crippen LogP contribution < -0.4 is 5.32 Å². The first-order chi connectivity index (χ1) is 9.93. The largest absolute Gasteiger partial charge is 0.322 e. The monoisotopic (exact) mass is 293 g/mol. The lowest BCUT2D eigenvalue weighted by atomic mass is 10.2. The number of carbonyl (C=O) groups excluding carboxylic acids is 1. The molecule has 0 aromatic carbocycles. The van der Waals surface area contributed by atoms with Gasteiger partial charge in [0.05, 0.1) is 23.1 Å². The number of nitrogens with zero attached hydrogens (tertiary/aromatic N) is 4. The fourth-order valence-electron chi connectivity index (χ4n) is 2.81. The molecule has 1 saturated heterocycles. The standard InChI is InChI=1S/C15H27N5O/c1-6-19-7-9-20(10-8-19)13(4)15(21)16-14-11(2)17-18(5)12(14)3/h13H,6-10H2,1-5H3,(H,16,21). The van der Waals surface area contributed by atoms with Crippen LogP contribution >= 0.6 is 0 Å². The highest BCUT2D eigenvalue weighted by atomic mass is 16.2. The highest BCUT2D eigenvalue weighted by molar-refractivity contribution is 5.95. The summed E-state index contributed by atoms with van der Waals surface area (Å²) in [6.07, 6.45) is 0. The fraction of sp³-hybridized carbons (Fsp3) is 0.733. The molecule has 1 unspecified atom stereocenters. The second-order valence-corrected chi connectivity index (χ2v) is 5.80. The third-order valence-electron chi connectivity index (χ3n) is 4.54. The number of anilines is 1. The summed E-state index contributed by atoms with van der Waals surface area (Å²) in [6, 6.07) is -0.108. The lowest BCUT2D eigenvalue weighted by Gasteiger charge is -2.36. The predicted molar refractivity (Wildman–Crippen MR) is 84.5 cm³/mol. The van der Waals surface area contributed by atoms with E-state index in [0.29, 0.717) is 0 Å². The van der Waals surface area contributed by atoms with E-state index in [1.807, 2.05) is 27.8 Å². The average molecular weight is 293 g/mol. The van der Waals surface area contributed by atoms with Crippen LogP contribution in [0.4, 0.5) is 5.69 Å². The maximum atomic E-state index is 12.5. The second kappa shape index (κ2) is 6.58. The van der Waals surface area contributed by atoms with Crippen molar-refractivity contribution in [2.75, 3.05) is 38.0 Å². The topological polar surface area (TPSA) is 53.4 Å². The van der Waals surface area contributed by atoms with Crippen molar-refractivity contribution in [2.24, 2.45) is 7.05 Å². The summed E-state index contributed by atoms with van der Waals surface area (Å²) in [5, 5.41) is 7.38. The summed E-state index contributed by atoms with van der Waals surface area (Å²) in [5.74, 6) is 0.0548. The number of rotatable bonds is 4. The first-order valence-corrected chi connectivity index (χ1v) is 7.71. The van der Waals surface area contributed by atoms with Gasteiger partial charge >= 0.3 is 0 Å². The molecule has 1 aromatic rings. The summed E-state index contributed by atoms with van der Waals surface area (Å²) in [6.45, 7) is 13.1. The van der Waals surface area contributed by atoms with Gasteiger partial charge in [-0.2, -0.15) is 5.10 Å². The summed E-state index contributed by atoms with van der Waals surface area (Å²) in [5.41, 5.74) is 2.71. The molecule has 0 radical (unpaired) electrons. The molecule has 21 heavy (non-hydrogen) atoms. The number of nitrogens with one attached hydrogen (secondary N) is 1. The van der Waals surface area contributed by atoms with Crippen molar-refractivity contribution in [3.05, 3.63) is 11.4 Å². The predicted octanol–water partition coefficient (Wildman–Crippen LogP) is 1.00. The molecule has 1 aliphatic rings. The summed E-state index contributed by atoms with van der Waals surface area (Å²) >= 11 is 0. The van der Waals surface area contributed by atoms with Crippen molar-refractivity contribution in [3.8, 4) is 0 Å². The molecule has 0 spiro atoms. The molecule has 6 heteroatoms. The molecule has 0 saturated carbocycles. The van der Waals surface area contributed by atoms with Crippen LogP contribution in [0.3, 0.4) is 0 Å². The Morgan fingerprint density at radius 1 is 1.29 bits per heavy atom. The number of hydrogen-bond acceptors (Lipinski definition) is 4. The summed E-state index contributed by atoms with van der Waals surface area (Å²) in [4.78, 5) is 17.1. The van der Waals surface area contributed by atoms with Crippen molar-refractivity contribution in [1.29, 1.82) is 0 Å². The molecule has 1 amide bonds. The Morgan fingerprint density at radius 2 is 1.90 bits per heavy atom. The Labute approximate surface area is 127 Å². The van der Waals surface area contributed by atoms with Gasteiger partial charge in [0.25, 0.3) is 0 Å². The quantitative estimate of drug-likeness (QED) is 0.900. The molecule has 2 heterocycles. The van der Waals surface area contributed by atoms with Crippen LogP contribution in [-0.2, 0) is 11.8 Å². The van der Waals surface area contributed by atoms with Crippen molar-refractivity contribution >= 4 is 11.6 Å². The normalized spacial score (nSPS) is 18.7. The number of likely N-dealkylation sites (N-methyl/N-ethyl adjacent to an activating group) is 1. The van der Waals surface area contributed by atoms with Crippen LogP contribution in [0.2, 0.25) is 0 Å². The minimum atomic E-state index is -0.108. The first-order valence-electron chi connectivity index (χ1n) is 7.71. The van der Waals surface area contributed by atoms with Gasteiger partial charge in [0, 0.05) is 33.2 Å². The van der Waals surface area contributed by atoms with Gasteiger partial charge in [0.2, 0.25) is 5.91 Å². The zero-order valence-electron chi connectivity index (χ0n) is 13.8. The van der Waals surface area contributed by atoms with E-state index < -0.39 is 0 Å². The number of amides is 1. The molecule has 1 fully saturated rings. The lowest BCUT2D eigenvalue weighted by Crippen LogP contribution is -2.52. The zero-order chi connectivity index (χ0) is 15.6. The van der Waals surface area contributed by atoms with Crippen LogP contribution in [0, 0.1) is 13.8 Å². The number of aryl methyl sites for hydroxylation is 2. The fourth-order valence-corrected chi connectivity index (χ4v) is 2.81. The first kappa shape index (κ1) is 16.0. The highest BCUT2D eigenvalue weighted by Crippen LogP contribution is 2.19. The Morgan fingerprint density at radius 3 is 2.38 bits per heavy atom. The van der Waals surface area contributed by atoms with Gasteiger partial charge in [-0.05, 0) is 27.3 Å². The van der Waals surface area contributed by atoms with E-state index in [1.165, 1.54) is 0 Å². The Kier molecular flexibility index (Phi) is 5.00. The third-order valence-corrected chi connectivity index (χ3v) is 4.54. The Balaban J connectivity index is 1.97. The average Bonchev–Trinajstić information content (AvgIpc) is 2.73. The minimum Gasteiger partial charge on any atom is -0.322 e. The van der Waals surface area contributed by atoms with E-state index in [2.05, 4.69) is 27.1 Å². The molecule has 1 aliphatic heterocycles. The van der Waals surface area contributed by atoms with E-state index in [-0.39, 0.29) is 11.9 Å². The van der Waals surface area contributed by atoms with E-state index in [0.717, 1.165) is 49.8 Å². The lowest BCUT2D eigenvalue weighted by molar-refractivity contribution is -0.121. The molecule has 118 valence electrons. The Bertz CT molecular complexity index is 502. The van der Waals surface area contributed by atoms with E-state index in [1.54, 1.807) is 4.68 Å². The molecular formula is C15H27N5O. The molecule has 0 aliphatic carbocycles. The zero-order valence-corrected chi connectivity index (χ0v) is 13.8. The summed E-state index contributed by atoms with van der Waals surface area (Å²) < 4.78 is 1.80. The van der Waals surface area contributed by atoms with Crippen LogP contribution in [-0.4, -0.2) is 64.3 Å². The van der Waals surface area contributed by atoms with Crippen LogP contribution in [0.25, 0.3) is 0 Å².